The molecule has 0 saturated carbocycles. The number of anilines is 2. The molecule has 0 aliphatic carbocycles. The molecule has 2 aromatic carbocycles. The van der Waals surface area contributed by atoms with Gasteiger partial charge in [0.05, 0.1) is 7.11 Å². The van der Waals surface area contributed by atoms with Gasteiger partial charge >= 0.3 is 0 Å². The Bertz CT molecular complexity index is 802. The SMILES string of the molecule is COc1ccc(OCC(=O)Nc2ccc3c(c2)N(C(C)=O)CCC3)cc1. The highest BCUT2D eigenvalue weighted by Gasteiger charge is 2.20. The molecule has 0 saturated heterocycles. The number of benzene rings is 2. The Morgan fingerprint density at radius 3 is 2.54 bits per heavy atom. The highest BCUT2D eigenvalue weighted by molar-refractivity contribution is 5.96. The van der Waals surface area contributed by atoms with E-state index in [1.165, 1.54) is 0 Å². The van der Waals surface area contributed by atoms with E-state index in [2.05, 4.69) is 5.32 Å². The fourth-order valence-corrected chi connectivity index (χ4v) is 3.00. The van der Waals surface area contributed by atoms with Crippen molar-refractivity contribution < 1.29 is 19.1 Å². The summed E-state index contributed by atoms with van der Waals surface area (Å²) in [5.41, 5.74) is 2.65. The van der Waals surface area contributed by atoms with Crippen LogP contribution >= 0.6 is 0 Å². The number of methoxy groups -OCH3 is 1. The molecule has 26 heavy (non-hydrogen) atoms. The van der Waals surface area contributed by atoms with Crippen molar-refractivity contribution in [3.8, 4) is 11.5 Å². The van der Waals surface area contributed by atoms with Gasteiger partial charge in [0, 0.05) is 24.8 Å². The molecule has 6 nitrogen and oxygen atoms in total. The lowest BCUT2D eigenvalue weighted by molar-refractivity contribution is -0.118. The Morgan fingerprint density at radius 1 is 1.12 bits per heavy atom. The molecule has 0 bridgehead atoms. The molecule has 0 fully saturated rings. The predicted molar refractivity (Wildman–Crippen MR) is 99.9 cm³/mol. The molecular weight excluding hydrogens is 332 g/mol. The summed E-state index contributed by atoms with van der Waals surface area (Å²) >= 11 is 0. The Labute approximate surface area is 152 Å². The highest BCUT2D eigenvalue weighted by Crippen LogP contribution is 2.30. The smallest absolute Gasteiger partial charge is 0.262 e. The van der Waals surface area contributed by atoms with E-state index < -0.39 is 0 Å². The standard InChI is InChI=1S/C20H22N2O4/c1-14(23)22-11-3-4-15-5-6-16(12-19(15)22)21-20(24)13-26-18-9-7-17(25-2)8-10-18/h5-10,12H,3-4,11,13H2,1-2H3,(H,21,24). The van der Waals surface area contributed by atoms with Crippen molar-refractivity contribution >= 4 is 23.2 Å². The summed E-state index contributed by atoms with van der Waals surface area (Å²) in [5, 5.41) is 2.82. The lowest BCUT2D eigenvalue weighted by Crippen LogP contribution is -2.33. The number of nitrogens with zero attached hydrogens (tertiary/aromatic N) is 1. The number of ether oxygens (including phenoxy) is 2. The molecule has 0 unspecified atom stereocenters. The van der Waals surface area contributed by atoms with E-state index in [9.17, 15) is 9.59 Å². The molecule has 1 N–H and O–H groups in total. The van der Waals surface area contributed by atoms with Gasteiger partial charge in [-0.1, -0.05) is 6.07 Å². The molecule has 6 heteroatoms. The van der Waals surface area contributed by atoms with Crippen molar-refractivity contribution in [1.29, 1.82) is 0 Å². The summed E-state index contributed by atoms with van der Waals surface area (Å²) in [7, 11) is 1.59. The zero-order valence-electron chi connectivity index (χ0n) is 15.0. The van der Waals surface area contributed by atoms with Gasteiger partial charge in [0.2, 0.25) is 5.91 Å². The zero-order valence-corrected chi connectivity index (χ0v) is 15.0. The Kier molecular flexibility index (Phi) is 5.41. The minimum atomic E-state index is -0.258. The van der Waals surface area contributed by atoms with Crippen LogP contribution < -0.4 is 19.7 Å². The Balaban J connectivity index is 1.62. The second kappa shape index (κ2) is 7.91. The van der Waals surface area contributed by atoms with Crippen molar-refractivity contribution in [2.24, 2.45) is 0 Å². The van der Waals surface area contributed by atoms with Gasteiger partial charge < -0.3 is 19.7 Å². The van der Waals surface area contributed by atoms with Crippen molar-refractivity contribution in [1.82, 2.24) is 0 Å². The summed E-state index contributed by atoms with van der Waals surface area (Å²) in [4.78, 5) is 25.7. The molecule has 1 aliphatic heterocycles. The maximum Gasteiger partial charge on any atom is 0.262 e. The molecule has 2 aromatic rings. The quantitative estimate of drug-likeness (QED) is 0.896. The lowest BCUT2D eigenvalue weighted by Gasteiger charge is -2.29. The number of hydrogen-bond acceptors (Lipinski definition) is 4. The Morgan fingerprint density at radius 2 is 1.85 bits per heavy atom. The minimum absolute atomic E-state index is 0.0114. The van der Waals surface area contributed by atoms with Crippen molar-refractivity contribution in [2.75, 3.05) is 30.5 Å². The molecule has 2 amide bonds. The first-order chi connectivity index (χ1) is 12.6. The first-order valence-electron chi connectivity index (χ1n) is 8.54. The first kappa shape index (κ1) is 17.8. The second-order valence-corrected chi connectivity index (χ2v) is 6.13. The van der Waals surface area contributed by atoms with Crippen LogP contribution in [0.15, 0.2) is 42.5 Å². The molecular formula is C20H22N2O4. The van der Waals surface area contributed by atoms with Crippen LogP contribution in [-0.4, -0.2) is 32.1 Å². The monoisotopic (exact) mass is 354 g/mol. The van der Waals surface area contributed by atoms with Gasteiger partial charge in [-0.05, 0) is 54.8 Å². The number of hydrogen-bond donors (Lipinski definition) is 1. The number of aryl methyl sites for hydroxylation is 1. The van der Waals surface area contributed by atoms with E-state index in [0.29, 0.717) is 18.0 Å². The summed E-state index contributed by atoms with van der Waals surface area (Å²) < 4.78 is 10.6. The van der Waals surface area contributed by atoms with Crippen LogP contribution in [0.4, 0.5) is 11.4 Å². The van der Waals surface area contributed by atoms with Crippen molar-refractivity contribution in [3.63, 3.8) is 0 Å². The van der Waals surface area contributed by atoms with Crippen LogP contribution in [0.2, 0.25) is 0 Å². The molecule has 3 rings (SSSR count). The van der Waals surface area contributed by atoms with Gasteiger partial charge in [0.1, 0.15) is 11.5 Å². The third-order valence-electron chi connectivity index (χ3n) is 4.30. The molecule has 136 valence electrons. The average Bonchev–Trinajstić information content (AvgIpc) is 2.66. The summed E-state index contributed by atoms with van der Waals surface area (Å²) in [6.45, 7) is 2.17. The van der Waals surface area contributed by atoms with Crippen LogP contribution in [0.5, 0.6) is 11.5 Å². The van der Waals surface area contributed by atoms with E-state index in [-0.39, 0.29) is 18.4 Å². The molecule has 0 atom stereocenters. The minimum Gasteiger partial charge on any atom is -0.497 e. The second-order valence-electron chi connectivity index (χ2n) is 6.13. The van der Waals surface area contributed by atoms with Crippen LogP contribution in [-0.2, 0) is 16.0 Å². The first-order valence-corrected chi connectivity index (χ1v) is 8.54. The molecule has 0 radical (unpaired) electrons. The zero-order chi connectivity index (χ0) is 18.5. The number of fused-ring (bicyclic) bond motifs is 1. The molecule has 0 aromatic heterocycles. The van der Waals surface area contributed by atoms with Gasteiger partial charge in [-0.25, -0.2) is 0 Å². The van der Waals surface area contributed by atoms with Crippen LogP contribution in [0.1, 0.15) is 18.9 Å². The van der Waals surface area contributed by atoms with Crippen LogP contribution in [0.25, 0.3) is 0 Å². The number of amides is 2. The summed E-state index contributed by atoms with van der Waals surface area (Å²) in [6, 6.07) is 12.7. The highest BCUT2D eigenvalue weighted by atomic mass is 16.5. The maximum atomic E-state index is 12.2. The summed E-state index contributed by atoms with van der Waals surface area (Å²) in [6.07, 6.45) is 1.89. The molecule has 0 spiro atoms. The Hall–Kier alpha value is -3.02. The summed E-state index contributed by atoms with van der Waals surface area (Å²) in [5.74, 6) is 1.07. The van der Waals surface area contributed by atoms with Gasteiger partial charge in [-0.15, -0.1) is 0 Å². The van der Waals surface area contributed by atoms with E-state index >= 15 is 0 Å². The topological polar surface area (TPSA) is 67.9 Å². The van der Waals surface area contributed by atoms with E-state index in [0.717, 1.165) is 29.8 Å². The average molecular weight is 354 g/mol. The van der Waals surface area contributed by atoms with Gasteiger partial charge in [-0.3, -0.25) is 9.59 Å². The normalized spacial score (nSPS) is 12.9. The van der Waals surface area contributed by atoms with Gasteiger partial charge in [0.25, 0.3) is 5.91 Å². The molecule has 1 aliphatic rings. The number of carbonyl (C=O) groups excluding carboxylic acids is 2. The number of nitrogens with one attached hydrogen (secondary N) is 1. The third kappa shape index (κ3) is 4.14. The van der Waals surface area contributed by atoms with Crippen LogP contribution in [0, 0.1) is 0 Å². The fraction of sp³-hybridized carbons (Fsp3) is 0.300. The fourth-order valence-electron chi connectivity index (χ4n) is 3.00. The van der Waals surface area contributed by atoms with E-state index in [1.54, 1.807) is 43.2 Å². The molecule has 1 heterocycles. The van der Waals surface area contributed by atoms with Crippen molar-refractivity contribution in [2.45, 2.75) is 19.8 Å². The maximum absolute atomic E-state index is 12.2. The third-order valence-corrected chi connectivity index (χ3v) is 4.30. The van der Waals surface area contributed by atoms with E-state index in [4.69, 9.17) is 9.47 Å². The van der Waals surface area contributed by atoms with Crippen molar-refractivity contribution in [3.05, 3.63) is 48.0 Å². The predicted octanol–water partition coefficient (Wildman–Crippen LogP) is 3.01. The lowest BCUT2D eigenvalue weighted by atomic mass is 10.0. The largest absolute Gasteiger partial charge is 0.497 e. The van der Waals surface area contributed by atoms with Crippen LogP contribution in [0.3, 0.4) is 0 Å². The van der Waals surface area contributed by atoms with Gasteiger partial charge in [0.15, 0.2) is 6.61 Å². The van der Waals surface area contributed by atoms with Gasteiger partial charge in [-0.2, -0.15) is 0 Å². The number of carbonyl (C=O) groups is 2. The van der Waals surface area contributed by atoms with E-state index in [1.807, 2.05) is 18.2 Å². The number of rotatable bonds is 5.